The summed E-state index contributed by atoms with van der Waals surface area (Å²) in [6.45, 7) is 0. The second kappa shape index (κ2) is 4.56. The van der Waals surface area contributed by atoms with E-state index < -0.39 is 0 Å². The van der Waals surface area contributed by atoms with Gasteiger partial charge in [-0.1, -0.05) is 0 Å². The van der Waals surface area contributed by atoms with E-state index in [1.165, 1.54) is 0 Å². The Balaban J connectivity index is 1.68. The first-order valence-corrected chi connectivity index (χ1v) is 5.92. The van der Waals surface area contributed by atoms with Crippen molar-refractivity contribution in [3.8, 4) is 0 Å². The minimum absolute atomic E-state index is 0.0247. The predicted molar refractivity (Wildman–Crippen MR) is 64.8 cm³/mol. The van der Waals surface area contributed by atoms with E-state index in [2.05, 4.69) is 25.7 Å². The van der Waals surface area contributed by atoms with Crippen molar-refractivity contribution in [2.45, 2.75) is 19.3 Å². The molecule has 2 N–H and O–H groups in total. The molecule has 0 aliphatic heterocycles. The Morgan fingerprint density at radius 2 is 2.28 bits per heavy atom. The third-order valence-corrected chi connectivity index (χ3v) is 3.17. The Kier molecular flexibility index (Phi) is 2.76. The normalized spacial score (nSPS) is 18.1. The average Bonchev–Trinajstić information content (AvgIpc) is 2.87. The summed E-state index contributed by atoms with van der Waals surface area (Å²) in [6, 6.07) is 3.63. The lowest BCUT2D eigenvalue weighted by Gasteiger charge is -2.19. The number of aromatic amines is 1. The third-order valence-electron chi connectivity index (χ3n) is 3.17. The molecule has 3 rings (SSSR count). The number of H-pyrrole nitrogens is 1. The van der Waals surface area contributed by atoms with Crippen LogP contribution < -0.4 is 5.32 Å². The van der Waals surface area contributed by atoms with Crippen LogP contribution in [0.4, 0.5) is 5.69 Å². The van der Waals surface area contributed by atoms with Crippen molar-refractivity contribution >= 4 is 11.6 Å². The molecule has 0 radical (unpaired) electrons. The Labute approximate surface area is 104 Å². The van der Waals surface area contributed by atoms with Crippen LogP contribution in [0.5, 0.6) is 0 Å². The Bertz CT molecular complexity index is 551. The number of carbonyl (C=O) groups is 1. The van der Waals surface area contributed by atoms with Gasteiger partial charge in [0.2, 0.25) is 5.91 Å². The second-order valence-corrected chi connectivity index (χ2v) is 4.39. The minimum atomic E-state index is -0.0391. The first kappa shape index (κ1) is 10.9. The maximum Gasteiger partial charge on any atom is 0.227 e. The summed E-state index contributed by atoms with van der Waals surface area (Å²) in [7, 11) is 0. The number of aryl methyl sites for hydroxylation is 1. The minimum Gasteiger partial charge on any atom is -0.324 e. The number of hydrogen-bond acceptors (Lipinski definition) is 4. The Morgan fingerprint density at radius 1 is 1.39 bits per heavy atom. The molecule has 2 heterocycles. The highest BCUT2D eigenvalue weighted by Crippen LogP contribution is 2.23. The summed E-state index contributed by atoms with van der Waals surface area (Å²) in [6.07, 6.45) is 5.58. The number of fused-ring (bicyclic) bond motifs is 1. The van der Waals surface area contributed by atoms with Crippen LogP contribution in [-0.4, -0.2) is 26.3 Å². The maximum atomic E-state index is 12.1. The smallest absolute Gasteiger partial charge is 0.227 e. The van der Waals surface area contributed by atoms with Gasteiger partial charge in [-0.25, -0.2) is 0 Å². The Morgan fingerprint density at radius 3 is 3.11 bits per heavy atom. The van der Waals surface area contributed by atoms with Gasteiger partial charge in [-0.15, -0.1) is 0 Å². The van der Waals surface area contributed by atoms with E-state index in [9.17, 15) is 4.79 Å². The molecule has 2 aromatic rings. The van der Waals surface area contributed by atoms with E-state index in [0.717, 1.165) is 29.9 Å². The zero-order valence-electron chi connectivity index (χ0n) is 9.76. The van der Waals surface area contributed by atoms with Crippen LogP contribution in [0.25, 0.3) is 0 Å². The van der Waals surface area contributed by atoms with Gasteiger partial charge in [0.05, 0.1) is 23.3 Å². The van der Waals surface area contributed by atoms with Gasteiger partial charge in [0.1, 0.15) is 0 Å². The zero-order valence-corrected chi connectivity index (χ0v) is 9.76. The van der Waals surface area contributed by atoms with E-state index in [1.807, 2.05) is 6.07 Å². The van der Waals surface area contributed by atoms with Crippen molar-refractivity contribution in [3.63, 3.8) is 0 Å². The molecule has 1 atom stereocenters. The molecule has 0 spiro atoms. The van der Waals surface area contributed by atoms with Crippen molar-refractivity contribution < 1.29 is 4.79 Å². The van der Waals surface area contributed by atoms with Gasteiger partial charge in [-0.3, -0.25) is 9.78 Å². The van der Waals surface area contributed by atoms with Crippen LogP contribution in [-0.2, 0) is 17.6 Å². The number of nitrogens with one attached hydrogen (secondary N) is 2. The molecule has 0 saturated carbocycles. The lowest BCUT2D eigenvalue weighted by molar-refractivity contribution is -0.120. The highest BCUT2D eigenvalue weighted by molar-refractivity contribution is 5.92. The number of rotatable bonds is 2. The molecule has 18 heavy (non-hydrogen) atoms. The highest BCUT2D eigenvalue weighted by atomic mass is 16.1. The summed E-state index contributed by atoms with van der Waals surface area (Å²) >= 11 is 0. The molecule has 0 fully saturated rings. The quantitative estimate of drug-likeness (QED) is 0.822. The molecule has 6 heteroatoms. The standard InChI is InChI=1S/C12H13N5O/c18-12(14-9-2-1-5-13-7-9)8-3-4-10-11(6-8)16-17-15-10/h1-2,5,7-8H,3-4,6H2,(H,14,18)(H,15,16,17). The summed E-state index contributed by atoms with van der Waals surface area (Å²) in [4.78, 5) is 16.1. The fourth-order valence-electron chi connectivity index (χ4n) is 2.19. The summed E-state index contributed by atoms with van der Waals surface area (Å²) < 4.78 is 0. The first-order valence-electron chi connectivity index (χ1n) is 5.92. The van der Waals surface area contributed by atoms with E-state index in [1.54, 1.807) is 18.5 Å². The number of anilines is 1. The molecule has 1 aliphatic rings. The van der Waals surface area contributed by atoms with Crippen LogP contribution in [0.3, 0.4) is 0 Å². The molecule has 0 saturated heterocycles. The summed E-state index contributed by atoms with van der Waals surface area (Å²) in [5, 5.41) is 13.6. The number of nitrogens with zero attached hydrogens (tertiary/aromatic N) is 3. The highest BCUT2D eigenvalue weighted by Gasteiger charge is 2.27. The van der Waals surface area contributed by atoms with Gasteiger partial charge in [0, 0.05) is 18.5 Å². The largest absolute Gasteiger partial charge is 0.324 e. The molecule has 92 valence electrons. The molecule has 1 aliphatic carbocycles. The molecular weight excluding hydrogens is 230 g/mol. The monoisotopic (exact) mass is 243 g/mol. The first-order chi connectivity index (χ1) is 8.83. The van der Waals surface area contributed by atoms with Gasteiger partial charge in [-0.05, 0) is 25.0 Å². The van der Waals surface area contributed by atoms with Crippen LogP contribution >= 0.6 is 0 Å². The van der Waals surface area contributed by atoms with Crippen LogP contribution in [0, 0.1) is 5.92 Å². The number of carbonyl (C=O) groups excluding carboxylic acids is 1. The lowest BCUT2D eigenvalue weighted by atomic mass is 9.89. The van der Waals surface area contributed by atoms with Gasteiger partial charge in [-0.2, -0.15) is 15.4 Å². The fraction of sp³-hybridized carbons (Fsp3) is 0.333. The van der Waals surface area contributed by atoms with Gasteiger partial charge >= 0.3 is 0 Å². The fourth-order valence-corrected chi connectivity index (χ4v) is 2.19. The molecule has 1 unspecified atom stereocenters. The lowest BCUT2D eigenvalue weighted by Crippen LogP contribution is -2.28. The number of hydrogen-bond donors (Lipinski definition) is 2. The maximum absolute atomic E-state index is 12.1. The Hall–Kier alpha value is -2.24. The van der Waals surface area contributed by atoms with E-state index in [4.69, 9.17) is 0 Å². The van der Waals surface area contributed by atoms with Crippen LogP contribution in [0.15, 0.2) is 24.5 Å². The third kappa shape index (κ3) is 2.09. The predicted octanol–water partition coefficient (Wildman–Crippen LogP) is 0.943. The van der Waals surface area contributed by atoms with Crippen LogP contribution in [0.1, 0.15) is 17.8 Å². The van der Waals surface area contributed by atoms with Gasteiger partial charge in [0.25, 0.3) is 0 Å². The van der Waals surface area contributed by atoms with Crippen molar-refractivity contribution in [2.75, 3.05) is 5.32 Å². The van der Waals surface area contributed by atoms with Gasteiger partial charge < -0.3 is 5.32 Å². The topological polar surface area (TPSA) is 83.6 Å². The summed E-state index contributed by atoms with van der Waals surface area (Å²) in [5.74, 6) is -0.0144. The van der Waals surface area contributed by atoms with Crippen molar-refractivity contribution in [3.05, 3.63) is 35.9 Å². The SMILES string of the molecule is O=C(Nc1cccnc1)C1CCc2n[nH]nc2C1. The average molecular weight is 243 g/mol. The molecular formula is C12H13N5O. The van der Waals surface area contributed by atoms with E-state index in [0.29, 0.717) is 6.42 Å². The van der Waals surface area contributed by atoms with Crippen molar-refractivity contribution in [1.29, 1.82) is 0 Å². The van der Waals surface area contributed by atoms with Crippen molar-refractivity contribution in [1.82, 2.24) is 20.4 Å². The molecule has 0 bridgehead atoms. The van der Waals surface area contributed by atoms with Crippen LogP contribution in [0.2, 0.25) is 0 Å². The molecule has 1 amide bonds. The van der Waals surface area contributed by atoms with E-state index in [-0.39, 0.29) is 11.8 Å². The molecule has 0 aromatic carbocycles. The van der Waals surface area contributed by atoms with Gasteiger partial charge in [0.15, 0.2) is 0 Å². The number of pyridine rings is 1. The number of amides is 1. The van der Waals surface area contributed by atoms with Crippen molar-refractivity contribution in [2.24, 2.45) is 5.92 Å². The second-order valence-electron chi connectivity index (χ2n) is 4.39. The number of aromatic nitrogens is 4. The molecule has 2 aromatic heterocycles. The molecule has 6 nitrogen and oxygen atoms in total. The zero-order chi connectivity index (χ0) is 12.4. The van der Waals surface area contributed by atoms with E-state index >= 15 is 0 Å². The summed E-state index contributed by atoms with van der Waals surface area (Å²) in [5.41, 5.74) is 2.63.